The van der Waals surface area contributed by atoms with Crippen LogP contribution in [-0.4, -0.2) is 35.2 Å². The van der Waals surface area contributed by atoms with Crippen LogP contribution in [0, 0.1) is 5.82 Å². The molecule has 2 rings (SSSR count). The van der Waals surface area contributed by atoms with E-state index in [4.69, 9.17) is 0 Å². The number of nitrogens with one attached hydrogen (secondary N) is 1. The molecule has 1 N–H and O–H groups in total. The van der Waals surface area contributed by atoms with Gasteiger partial charge in [0, 0.05) is 35.8 Å². The van der Waals surface area contributed by atoms with Crippen LogP contribution in [0.15, 0.2) is 53.4 Å². The largest absolute Gasteiger partial charge is 0.471 e. The van der Waals surface area contributed by atoms with Gasteiger partial charge >= 0.3 is 12.1 Å². The van der Waals surface area contributed by atoms with Crippen LogP contribution in [-0.2, 0) is 16.1 Å². The molecule has 0 aromatic heterocycles. The van der Waals surface area contributed by atoms with Crippen molar-refractivity contribution in [3.8, 4) is 0 Å². The summed E-state index contributed by atoms with van der Waals surface area (Å²) in [6.07, 6.45) is -4.80. The highest BCUT2D eigenvalue weighted by Crippen LogP contribution is 2.23. The van der Waals surface area contributed by atoms with Gasteiger partial charge in [0.15, 0.2) is 0 Å². The minimum atomic E-state index is -4.93. The smallest absolute Gasteiger partial charge is 0.331 e. The van der Waals surface area contributed by atoms with Crippen molar-refractivity contribution in [2.45, 2.75) is 31.0 Å². The minimum Gasteiger partial charge on any atom is -0.331 e. The summed E-state index contributed by atoms with van der Waals surface area (Å²) in [5.74, 6) is -2.18. The summed E-state index contributed by atoms with van der Waals surface area (Å²) in [6.45, 7) is 1.15. The quantitative estimate of drug-likeness (QED) is 0.483. The van der Waals surface area contributed by atoms with Gasteiger partial charge in [-0.3, -0.25) is 9.59 Å². The zero-order valence-electron chi connectivity index (χ0n) is 15.6. The van der Waals surface area contributed by atoms with Crippen LogP contribution in [0.25, 0.3) is 0 Å². The first-order valence-corrected chi connectivity index (χ1v) is 9.81. The van der Waals surface area contributed by atoms with Crippen LogP contribution in [0.2, 0.25) is 0 Å². The molecular weight excluding hydrogens is 408 g/mol. The van der Waals surface area contributed by atoms with Gasteiger partial charge in [0.25, 0.3) is 0 Å². The maximum absolute atomic E-state index is 13.5. The van der Waals surface area contributed by atoms with Crippen LogP contribution < -0.4 is 5.32 Å². The van der Waals surface area contributed by atoms with E-state index < -0.39 is 12.1 Å². The number of carbonyl (C=O) groups excluding carboxylic acids is 2. The zero-order chi connectivity index (χ0) is 21.4. The van der Waals surface area contributed by atoms with E-state index in [1.807, 2.05) is 0 Å². The van der Waals surface area contributed by atoms with Gasteiger partial charge in [-0.25, -0.2) is 4.39 Å². The summed E-state index contributed by atoms with van der Waals surface area (Å²) >= 11 is 1.22. The van der Waals surface area contributed by atoms with Gasteiger partial charge in [0.2, 0.25) is 5.91 Å². The number of hydrogen-bond donors (Lipinski definition) is 1. The number of alkyl halides is 3. The van der Waals surface area contributed by atoms with E-state index >= 15 is 0 Å². The molecule has 0 atom stereocenters. The molecule has 0 saturated heterocycles. The molecule has 0 aliphatic rings. The molecule has 0 aliphatic heterocycles. The molecular formula is C20H20F4N2O2S. The lowest BCUT2D eigenvalue weighted by atomic mass is 10.2. The van der Waals surface area contributed by atoms with E-state index in [1.165, 1.54) is 30.8 Å². The second-order valence-electron chi connectivity index (χ2n) is 6.09. The normalized spacial score (nSPS) is 11.2. The van der Waals surface area contributed by atoms with E-state index in [1.54, 1.807) is 36.4 Å². The molecule has 0 aliphatic carbocycles. The lowest BCUT2D eigenvalue weighted by Gasteiger charge is -2.22. The van der Waals surface area contributed by atoms with E-state index in [-0.39, 0.29) is 31.2 Å². The van der Waals surface area contributed by atoms with Crippen molar-refractivity contribution >= 4 is 29.3 Å². The second kappa shape index (κ2) is 10.3. The van der Waals surface area contributed by atoms with Gasteiger partial charge in [-0.2, -0.15) is 13.2 Å². The first-order valence-electron chi connectivity index (χ1n) is 8.83. The number of nitrogens with zero attached hydrogens (tertiary/aromatic N) is 1. The zero-order valence-corrected chi connectivity index (χ0v) is 16.4. The number of hydrogen-bond acceptors (Lipinski definition) is 3. The molecule has 0 bridgehead atoms. The molecule has 9 heteroatoms. The maximum atomic E-state index is 13.5. The van der Waals surface area contributed by atoms with Crippen molar-refractivity contribution in [1.29, 1.82) is 0 Å². The highest BCUT2D eigenvalue weighted by molar-refractivity contribution is 7.99. The Kier molecular flexibility index (Phi) is 8.07. The fourth-order valence-electron chi connectivity index (χ4n) is 2.51. The summed E-state index contributed by atoms with van der Waals surface area (Å²) < 4.78 is 51.4. The van der Waals surface area contributed by atoms with E-state index in [0.29, 0.717) is 26.8 Å². The Morgan fingerprint density at radius 3 is 2.48 bits per heavy atom. The molecule has 0 radical (unpaired) electrons. The Labute approximate surface area is 170 Å². The summed E-state index contributed by atoms with van der Waals surface area (Å²) in [7, 11) is 0. The van der Waals surface area contributed by atoms with Crippen molar-refractivity contribution in [2.24, 2.45) is 0 Å². The number of halogens is 4. The first kappa shape index (κ1) is 22.7. The Morgan fingerprint density at radius 2 is 1.83 bits per heavy atom. The average molecular weight is 428 g/mol. The van der Waals surface area contributed by atoms with Crippen LogP contribution in [0.5, 0.6) is 0 Å². The number of carbonyl (C=O) groups is 2. The summed E-state index contributed by atoms with van der Waals surface area (Å²) in [5.41, 5.74) is 0.877. The standard InChI is InChI=1S/C20H20F4N2O2S/c1-2-26(19(28)20(22,23)24)13-14-6-5-7-15(12-14)25-18(27)10-11-29-17-9-4-3-8-16(17)21/h3-9,12H,2,10-11,13H2,1H3,(H,25,27). The van der Waals surface area contributed by atoms with Crippen LogP contribution in [0.1, 0.15) is 18.9 Å². The average Bonchev–Trinajstić information content (AvgIpc) is 2.66. The third kappa shape index (κ3) is 7.08. The minimum absolute atomic E-state index is 0.0950. The Balaban J connectivity index is 1.90. The van der Waals surface area contributed by atoms with Crippen molar-refractivity contribution in [2.75, 3.05) is 17.6 Å². The van der Waals surface area contributed by atoms with Gasteiger partial charge in [-0.1, -0.05) is 24.3 Å². The number of amides is 2. The second-order valence-corrected chi connectivity index (χ2v) is 7.23. The van der Waals surface area contributed by atoms with Gasteiger partial charge in [0.1, 0.15) is 5.82 Å². The maximum Gasteiger partial charge on any atom is 0.471 e. The molecule has 0 spiro atoms. The lowest BCUT2D eigenvalue weighted by Crippen LogP contribution is -2.40. The van der Waals surface area contributed by atoms with E-state index in [2.05, 4.69) is 5.32 Å². The molecule has 2 amide bonds. The van der Waals surface area contributed by atoms with E-state index in [0.717, 1.165) is 0 Å². The molecule has 29 heavy (non-hydrogen) atoms. The molecule has 2 aromatic rings. The van der Waals surface area contributed by atoms with Gasteiger partial charge in [0.05, 0.1) is 0 Å². The molecule has 2 aromatic carbocycles. The van der Waals surface area contributed by atoms with Crippen LogP contribution >= 0.6 is 11.8 Å². The first-order chi connectivity index (χ1) is 13.7. The number of anilines is 1. The van der Waals surface area contributed by atoms with E-state index in [9.17, 15) is 27.2 Å². The van der Waals surface area contributed by atoms with Gasteiger partial charge < -0.3 is 10.2 Å². The molecule has 0 saturated carbocycles. The van der Waals surface area contributed by atoms with Gasteiger partial charge in [-0.05, 0) is 36.8 Å². The summed E-state index contributed by atoms with van der Waals surface area (Å²) in [5, 5.41) is 2.66. The summed E-state index contributed by atoms with van der Waals surface area (Å²) in [6, 6.07) is 12.6. The Hall–Kier alpha value is -2.55. The topological polar surface area (TPSA) is 49.4 Å². The highest BCUT2D eigenvalue weighted by Gasteiger charge is 2.41. The molecule has 0 heterocycles. The van der Waals surface area contributed by atoms with Gasteiger partial charge in [-0.15, -0.1) is 11.8 Å². The van der Waals surface area contributed by atoms with Crippen LogP contribution in [0.3, 0.4) is 0 Å². The number of rotatable bonds is 8. The van der Waals surface area contributed by atoms with Crippen LogP contribution in [0.4, 0.5) is 23.2 Å². The monoisotopic (exact) mass is 428 g/mol. The van der Waals surface area contributed by atoms with Crippen molar-refractivity contribution < 1.29 is 27.2 Å². The third-order valence-corrected chi connectivity index (χ3v) is 4.97. The molecule has 0 fully saturated rings. The molecule has 0 unspecified atom stereocenters. The SMILES string of the molecule is CCN(Cc1cccc(NC(=O)CCSc2ccccc2F)c1)C(=O)C(F)(F)F. The number of thioether (sulfide) groups is 1. The fourth-order valence-corrected chi connectivity index (χ4v) is 3.40. The predicted octanol–water partition coefficient (Wildman–Crippen LogP) is 4.86. The van der Waals surface area contributed by atoms with Crippen molar-refractivity contribution in [3.05, 3.63) is 59.9 Å². The molecule has 156 valence electrons. The predicted molar refractivity (Wildman–Crippen MR) is 104 cm³/mol. The molecule has 4 nitrogen and oxygen atoms in total. The van der Waals surface area contributed by atoms with Crippen molar-refractivity contribution in [1.82, 2.24) is 4.90 Å². The Bertz CT molecular complexity index is 858. The highest BCUT2D eigenvalue weighted by atomic mass is 32.2. The summed E-state index contributed by atoms with van der Waals surface area (Å²) in [4.78, 5) is 24.7. The fraction of sp³-hybridized carbons (Fsp3) is 0.300. The lowest BCUT2D eigenvalue weighted by molar-refractivity contribution is -0.185. The number of benzene rings is 2. The van der Waals surface area contributed by atoms with Crippen molar-refractivity contribution in [3.63, 3.8) is 0 Å². The third-order valence-electron chi connectivity index (χ3n) is 3.92. The Morgan fingerprint density at radius 1 is 1.10 bits per heavy atom.